The summed E-state index contributed by atoms with van der Waals surface area (Å²) in [4.78, 5) is 10.3. The Hall–Kier alpha value is -0.900. The molecule has 1 atom stereocenters. The largest absolute Gasteiger partial charge is 0.508 e. The monoisotopic (exact) mass is 246 g/mol. The maximum Gasteiger partial charge on any atom is 0.147 e. The predicted octanol–water partition coefficient (Wildman–Crippen LogP) is 2.56. The molecule has 4 heteroatoms. The van der Waals surface area contributed by atoms with Gasteiger partial charge in [-0.15, -0.1) is 0 Å². The summed E-state index contributed by atoms with van der Waals surface area (Å²) >= 11 is 3.05. The van der Waals surface area contributed by atoms with Gasteiger partial charge in [0.1, 0.15) is 22.2 Å². The Kier molecular flexibility index (Phi) is 3.03. The lowest BCUT2D eigenvalue weighted by atomic mass is 10.1. The Balaban J connectivity index is 3.08. The molecule has 0 heterocycles. The Bertz CT molecular complexity index is 338. The van der Waals surface area contributed by atoms with E-state index in [1.807, 2.05) is 0 Å². The van der Waals surface area contributed by atoms with E-state index >= 15 is 0 Å². The minimum absolute atomic E-state index is 0.149. The number of carbonyl (C=O) groups is 1. The molecule has 1 rings (SSSR count). The van der Waals surface area contributed by atoms with Crippen molar-refractivity contribution in [1.82, 2.24) is 0 Å². The van der Waals surface area contributed by atoms with Gasteiger partial charge in [0.05, 0.1) is 0 Å². The number of Topliss-reactive ketones (excluding diaryl/α,β-unsaturated/α-hetero) is 1. The fourth-order valence-electron chi connectivity index (χ4n) is 0.941. The first-order valence-electron chi connectivity index (χ1n) is 3.65. The van der Waals surface area contributed by atoms with Gasteiger partial charge in [0.15, 0.2) is 0 Å². The minimum atomic E-state index is -0.645. The van der Waals surface area contributed by atoms with Crippen molar-refractivity contribution in [2.45, 2.75) is 11.8 Å². The van der Waals surface area contributed by atoms with Crippen molar-refractivity contribution in [2.75, 3.05) is 0 Å². The zero-order chi connectivity index (χ0) is 10.0. The topological polar surface area (TPSA) is 37.3 Å². The fraction of sp³-hybridized carbons (Fsp3) is 0.222. The molecule has 1 unspecified atom stereocenters. The van der Waals surface area contributed by atoms with Crippen LogP contribution < -0.4 is 0 Å². The van der Waals surface area contributed by atoms with Gasteiger partial charge in [-0.05, 0) is 13.0 Å². The summed E-state index contributed by atoms with van der Waals surface area (Å²) in [6, 6.07) is 3.70. The number of rotatable bonds is 2. The van der Waals surface area contributed by atoms with Gasteiger partial charge in [-0.3, -0.25) is 4.79 Å². The van der Waals surface area contributed by atoms with Gasteiger partial charge in [-0.1, -0.05) is 22.0 Å². The zero-order valence-electron chi connectivity index (χ0n) is 6.92. The van der Waals surface area contributed by atoms with E-state index < -0.39 is 10.6 Å². The molecule has 0 aliphatic carbocycles. The SMILES string of the molecule is CC(=O)C(Br)c1ccc(O)cc1F. The summed E-state index contributed by atoms with van der Waals surface area (Å²) in [6.45, 7) is 1.37. The molecular weight excluding hydrogens is 239 g/mol. The van der Waals surface area contributed by atoms with Crippen LogP contribution in [-0.4, -0.2) is 10.9 Å². The van der Waals surface area contributed by atoms with Crippen LogP contribution in [-0.2, 0) is 4.79 Å². The van der Waals surface area contributed by atoms with E-state index in [1.54, 1.807) is 0 Å². The highest BCUT2D eigenvalue weighted by atomic mass is 79.9. The van der Waals surface area contributed by atoms with Crippen LogP contribution in [0.3, 0.4) is 0 Å². The van der Waals surface area contributed by atoms with E-state index in [0.717, 1.165) is 6.07 Å². The third-order valence-corrected chi connectivity index (χ3v) is 2.75. The van der Waals surface area contributed by atoms with Crippen molar-refractivity contribution < 1.29 is 14.3 Å². The summed E-state index contributed by atoms with van der Waals surface area (Å²) in [7, 11) is 0. The molecule has 0 radical (unpaired) electrons. The average Bonchev–Trinajstić information content (AvgIpc) is 2.03. The minimum Gasteiger partial charge on any atom is -0.508 e. The van der Waals surface area contributed by atoms with Crippen molar-refractivity contribution in [2.24, 2.45) is 0 Å². The van der Waals surface area contributed by atoms with Crippen LogP contribution in [0.1, 0.15) is 17.3 Å². The summed E-state index contributed by atoms with van der Waals surface area (Å²) < 4.78 is 13.1. The number of phenols is 1. The molecule has 13 heavy (non-hydrogen) atoms. The maximum atomic E-state index is 13.1. The van der Waals surface area contributed by atoms with E-state index in [4.69, 9.17) is 5.11 Å². The highest BCUT2D eigenvalue weighted by molar-refractivity contribution is 9.09. The average molecular weight is 247 g/mol. The molecule has 0 spiro atoms. The van der Waals surface area contributed by atoms with Crippen LogP contribution in [0.5, 0.6) is 5.75 Å². The number of aromatic hydroxyl groups is 1. The molecule has 1 aromatic carbocycles. The molecule has 0 aliphatic rings. The highest BCUT2D eigenvalue weighted by Gasteiger charge is 2.16. The summed E-state index contributed by atoms with van der Waals surface area (Å²) in [5.41, 5.74) is 0.241. The number of carbonyl (C=O) groups excluding carboxylic acids is 1. The second kappa shape index (κ2) is 3.87. The molecule has 0 bridgehead atoms. The van der Waals surface area contributed by atoms with Gasteiger partial charge >= 0.3 is 0 Å². The van der Waals surface area contributed by atoms with Crippen LogP contribution in [0.4, 0.5) is 4.39 Å². The number of hydrogen-bond acceptors (Lipinski definition) is 2. The van der Waals surface area contributed by atoms with Crippen LogP contribution in [0, 0.1) is 5.82 Å². The van der Waals surface area contributed by atoms with E-state index in [9.17, 15) is 9.18 Å². The lowest BCUT2D eigenvalue weighted by molar-refractivity contribution is -0.116. The van der Waals surface area contributed by atoms with Gasteiger partial charge < -0.3 is 5.11 Å². The molecule has 70 valence electrons. The second-order valence-electron chi connectivity index (χ2n) is 2.68. The lowest BCUT2D eigenvalue weighted by Gasteiger charge is -2.07. The smallest absolute Gasteiger partial charge is 0.147 e. The molecule has 0 fully saturated rings. The highest BCUT2D eigenvalue weighted by Crippen LogP contribution is 2.27. The van der Waals surface area contributed by atoms with E-state index in [2.05, 4.69) is 15.9 Å². The first-order valence-corrected chi connectivity index (χ1v) is 4.57. The van der Waals surface area contributed by atoms with Crippen LogP contribution in [0.2, 0.25) is 0 Å². The van der Waals surface area contributed by atoms with Crippen molar-refractivity contribution in [3.63, 3.8) is 0 Å². The van der Waals surface area contributed by atoms with E-state index in [1.165, 1.54) is 19.1 Å². The molecule has 1 N–H and O–H groups in total. The quantitative estimate of drug-likeness (QED) is 0.815. The number of phenolic OH excluding ortho intramolecular Hbond substituents is 1. The Labute approximate surface area is 83.5 Å². The van der Waals surface area contributed by atoms with Crippen molar-refractivity contribution in [1.29, 1.82) is 0 Å². The normalized spacial score (nSPS) is 12.5. The molecule has 0 saturated heterocycles. The molecular formula is C9H8BrFO2. The van der Waals surface area contributed by atoms with Gasteiger partial charge in [0.2, 0.25) is 0 Å². The number of ketones is 1. The summed E-state index contributed by atoms with van der Waals surface area (Å²) in [6.07, 6.45) is 0. The molecule has 2 nitrogen and oxygen atoms in total. The molecule has 0 aromatic heterocycles. The molecule has 1 aromatic rings. The van der Waals surface area contributed by atoms with Gasteiger partial charge in [-0.25, -0.2) is 4.39 Å². The van der Waals surface area contributed by atoms with Crippen molar-refractivity contribution in [3.8, 4) is 5.75 Å². The fourth-order valence-corrected chi connectivity index (χ4v) is 1.31. The Morgan fingerprint density at radius 2 is 2.23 bits per heavy atom. The Morgan fingerprint density at radius 3 is 2.69 bits per heavy atom. The maximum absolute atomic E-state index is 13.1. The molecule has 0 amide bonds. The summed E-state index contributed by atoms with van der Waals surface area (Å²) in [5.74, 6) is -0.911. The number of alkyl halides is 1. The standard InChI is InChI=1S/C9H8BrFO2/c1-5(12)9(10)7-3-2-6(13)4-8(7)11/h2-4,9,13H,1H3. The number of hydrogen-bond donors (Lipinski definition) is 1. The van der Waals surface area contributed by atoms with Crippen LogP contribution >= 0.6 is 15.9 Å². The summed E-state index contributed by atoms with van der Waals surface area (Å²) in [5, 5.41) is 8.92. The van der Waals surface area contributed by atoms with Crippen LogP contribution in [0.25, 0.3) is 0 Å². The second-order valence-corrected chi connectivity index (χ2v) is 3.59. The Morgan fingerprint density at radius 1 is 1.62 bits per heavy atom. The van der Waals surface area contributed by atoms with Gasteiger partial charge in [0, 0.05) is 11.6 Å². The zero-order valence-corrected chi connectivity index (χ0v) is 8.51. The molecule has 0 saturated carbocycles. The first-order chi connectivity index (χ1) is 6.02. The number of benzene rings is 1. The molecule has 0 aliphatic heterocycles. The third kappa shape index (κ3) is 2.28. The number of halogens is 2. The van der Waals surface area contributed by atoms with E-state index in [0.29, 0.717) is 0 Å². The predicted molar refractivity (Wildman–Crippen MR) is 50.4 cm³/mol. The lowest BCUT2D eigenvalue weighted by Crippen LogP contribution is -2.03. The van der Waals surface area contributed by atoms with Crippen molar-refractivity contribution >= 4 is 21.7 Å². The van der Waals surface area contributed by atoms with Gasteiger partial charge in [-0.2, -0.15) is 0 Å². The van der Waals surface area contributed by atoms with Crippen LogP contribution in [0.15, 0.2) is 18.2 Å². The van der Waals surface area contributed by atoms with E-state index in [-0.39, 0.29) is 17.1 Å². The van der Waals surface area contributed by atoms with Crippen molar-refractivity contribution in [3.05, 3.63) is 29.6 Å². The first kappa shape index (κ1) is 10.2. The third-order valence-electron chi connectivity index (χ3n) is 1.61. The van der Waals surface area contributed by atoms with Gasteiger partial charge in [0.25, 0.3) is 0 Å².